The lowest BCUT2D eigenvalue weighted by molar-refractivity contribution is -0.124. The molecule has 3 N–H and O–H groups in total. The van der Waals surface area contributed by atoms with E-state index in [0.717, 1.165) is 29.2 Å². The highest BCUT2D eigenvalue weighted by atomic mass is 32.1. The fourth-order valence-corrected chi connectivity index (χ4v) is 3.06. The van der Waals surface area contributed by atoms with Crippen LogP contribution in [0.5, 0.6) is 0 Å². The summed E-state index contributed by atoms with van der Waals surface area (Å²) in [5.74, 6) is 0.00188. The Bertz CT molecular complexity index is 576. The van der Waals surface area contributed by atoms with E-state index in [2.05, 4.69) is 20.8 Å². The quantitative estimate of drug-likeness (QED) is 0.774. The molecule has 0 unspecified atom stereocenters. The number of carbonyl (C=O) groups is 1. The zero-order chi connectivity index (χ0) is 14.5. The van der Waals surface area contributed by atoms with Crippen molar-refractivity contribution < 1.29 is 9.53 Å². The monoisotopic (exact) mass is 306 g/mol. The average molecular weight is 306 g/mol. The molecule has 1 amide bonds. The van der Waals surface area contributed by atoms with Crippen LogP contribution < -0.4 is 10.6 Å². The van der Waals surface area contributed by atoms with Gasteiger partial charge in [-0.2, -0.15) is 5.10 Å². The molecule has 1 saturated heterocycles. The van der Waals surface area contributed by atoms with Crippen molar-refractivity contribution >= 4 is 17.2 Å². The van der Waals surface area contributed by atoms with Gasteiger partial charge in [-0.1, -0.05) is 6.07 Å². The fraction of sp³-hybridized carbons (Fsp3) is 0.429. The van der Waals surface area contributed by atoms with E-state index in [4.69, 9.17) is 4.74 Å². The van der Waals surface area contributed by atoms with Gasteiger partial charge in [-0.15, -0.1) is 11.3 Å². The lowest BCUT2D eigenvalue weighted by atomic mass is 10.2. The number of thiophene rings is 1. The van der Waals surface area contributed by atoms with Crippen LogP contribution in [0.25, 0.3) is 10.6 Å². The first kappa shape index (κ1) is 14.2. The topological polar surface area (TPSA) is 79.0 Å². The molecule has 3 rings (SSSR count). The lowest BCUT2D eigenvalue weighted by Crippen LogP contribution is -2.41. The third-order valence-corrected chi connectivity index (χ3v) is 4.27. The Labute approximate surface area is 126 Å². The molecule has 21 heavy (non-hydrogen) atoms. The van der Waals surface area contributed by atoms with E-state index in [1.54, 1.807) is 17.5 Å². The molecule has 3 heterocycles. The van der Waals surface area contributed by atoms with Crippen molar-refractivity contribution in [2.75, 3.05) is 19.7 Å². The maximum atomic E-state index is 12.0. The third-order valence-electron chi connectivity index (χ3n) is 3.38. The van der Waals surface area contributed by atoms with Crippen LogP contribution in [0, 0.1) is 0 Å². The Balaban J connectivity index is 1.53. The highest BCUT2D eigenvalue weighted by Gasteiger charge is 2.17. The number of aromatic nitrogens is 2. The van der Waals surface area contributed by atoms with Gasteiger partial charge in [0, 0.05) is 25.2 Å². The van der Waals surface area contributed by atoms with E-state index in [0.29, 0.717) is 19.6 Å². The van der Waals surface area contributed by atoms with Gasteiger partial charge in [0.2, 0.25) is 5.91 Å². The summed E-state index contributed by atoms with van der Waals surface area (Å²) < 4.78 is 5.53. The van der Waals surface area contributed by atoms with Gasteiger partial charge in [-0.25, -0.2) is 0 Å². The molecular weight excluding hydrogens is 288 g/mol. The third kappa shape index (κ3) is 3.69. The highest BCUT2D eigenvalue weighted by Crippen LogP contribution is 2.25. The number of aromatic amines is 1. The Morgan fingerprint density at radius 2 is 2.52 bits per heavy atom. The summed E-state index contributed by atoms with van der Waals surface area (Å²) in [5.41, 5.74) is 1.97. The molecule has 0 saturated carbocycles. The number of morpholine rings is 1. The first-order valence-corrected chi connectivity index (χ1v) is 7.86. The van der Waals surface area contributed by atoms with Gasteiger partial charge >= 0.3 is 0 Å². The van der Waals surface area contributed by atoms with E-state index >= 15 is 0 Å². The van der Waals surface area contributed by atoms with Gasteiger partial charge in [0.05, 0.1) is 35.9 Å². The summed E-state index contributed by atoms with van der Waals surface area (Å²) in [6.45, 7) is 2.74. The number of nitrogens with zero attached hydrogens (tertiary/aromatic N) is 1. The second kappa shape index (κ2) is 6.84. The predicted molar refractivity (Wildman–Crippen MR) is 81.0 cm³/mol. The molecule has 1 aliphatic heterocycles. The van der Waals surface area contributed by atoms with Crippen molar-refractivity contribution in [2.24, 2.45) is 0 Å². The molecule has 2 aromatic rings. The van der Waals surface area contributed by atoms with Crippen molar-refractivity contribution in [3.05, 3.63) is 29.3 Å². The number of amides is 1. The minimum absolute atomic E-state index is 0.00188. The highest BCUT2D eigenvalue weighted by molar-refractivity contribution is 7.13. The Hall–Kier alpha value is -1.70. The van der Waals surface area contributed by atoms with E-state index in [-0.39, 0.29) is 12.0 Å². The van der Waals surface area contributed by atoms with Crippen molar-refractivity contribution in [3.8, 4) is 10.6 Å². The summed E-state index contributed by atoms with van der Waals surface area (Å²) in [6, 6.07) is 4.03. The van der Waals surface area contributed by atoms with Crippen LogP contribution in [0.3, 0.4) is 0 Å². The fourth-order valence-electron chi connectivity index (χ4n) is 2.30. The summed E-state index contributed by atoms with van der Waals surface area (Å²) in [5, 5.41) is 15.2. The summed E-state index contributed by atoms with van der Waals surface area (Å²) >= 11 is 1.65. The largest absolute Gasteiger partial charge is 0.375 e. The Kier molecular flexibility index (Phi) is 4.64. The second-order valence-electron chi connectivity index (χ2n) is 4.93. The average Bonchev–Trinajstić information content (AvgIpc) is 3.17. The smallest absolute Gasteiger partial charge is 0.222 e. The maximum absolute atomic E-state index is 12.0. The van der Waals surface area contributed by atoms with Crippen LogP contribution in [0.15, 0.2) is 23.7 Å². The number of rotatable bonds is 5. The Morgan fingerprint density at radius 1 is 1.57 bits per heavy atom. The number of ether oxygens (including phenoxy) is 1. The zero-order valence-corrected chi connectivity index (χ0v) is 12.4. The molecule has 2 aromatic heterocycles. The SMILES string of the molecule is O=C(C[C@@H]1CNCCO1)NCc1cn[nH]c1-c1cccs1. The van der Waals surface area contributed by atoms with Crippen LogP contribution >= 0.6 is 11.3 Å². The summed E-state index contributed by atoms with van der Waals surface area (Å²) in [7, 11) is 0. The second-order valence-corrected chi connectivity index (χ2v) is 5.87. The molecule has 0 aromatic carbocycles. The molecule has 7 heteroatoms. The minimum Gasteiger partial charge on any atom is -0.375 e. The van der Waals surface area contributed by atoms with Crippen LogP contribution in [-0.2, 0) is 16.1 Å². The summed E-state index contributed by atoms with van der Waals surface area (Å²) in [6.07, 6.45) is 2.12. The van der Waals surface area contributed by atoms with Gasteiger partial charge in [0.25, 0.3) is 0 Å². The molecule has 1 fully saturated rings. The normalized spacial score (nSPS) is 18.6. The number of H-pyrrole nitrogens is 1. The molecular formula is C14H18N4O2S. The number of carbonyl (C=O) groups excluding carboxylic acids is 1. The number of hydrogen-bond acceptors (Lipinski definition) is 5. The number of nitrogens with one attached hydrogen (secondary N) is 3. The first-order valence-electron chi connectivity index (χ1n) is 6.98. The van der Waals surface area contributed by atoms with Gasteiger partial charge in [-0.05, 0) is 11.4 Å². The van der Waals surface area contributed by atoms with E-state index < -0.39 is 0 Å². The molecule has 112 valence electrons. The first-order chi connectivity index (χ1) is 10.3. The summed E-state index contributed by atoms with van der Waals surface area (Å²) in [4.78, 5) is 13.1. The van der Waals surface area contributed by atoms with E-state index in [1.807, 2.05) is 17.5 Å². The molecule has 0 aliphatic carbocycles. The molecule has 6 nitrogen and oxygen atoms in total. The van der Waals surface area contributed by atoms with Crippen molar-refractivity contribution in [2.45, 2.75) is 19.1 Å². The Morgan fingerprint density at radius 3 is 3.29 bits per heavy atom. The molecule has 1 atom stereocenters. The van der Waals surface area contributed by atoms with Crippen molar-refractivity contribution in [3.63, 3.8) is 0 Å². The standard InChI is InChI=1S/C14H18N4O2S/c19-13(6-11-9-15-3-4-20-11)16-7-10-8-17-18-14(10)12-2-1-5-21-12/h1-2,5,8,11,15H,3-4,6-7,9H2,(H,16,19)(H,17,18)/t11-/m1/s1. The van der Waals surface area contributed by atoms with Crippen molar-refractivity contribution in [1.82, 2.24) is 20.8 Å². The van der Waals surface area contributed by atoms with Crippen molar-refractivity contribution in [1.29, 1.82) is 0 Å². The molecule has 1 aliphatic rings. The minimum atomic E-state index is -0.0279. The van der Waals surface area contributed by atoms with Crippen LogP contribution in [0.2, 0.25) is 0 Å². The van der Waals surface area contributed by atoms with Gasteiger partial charge in [0.1, 0.15) is 0 Å². The lowest BCUT2D eigenvalue weighted by Gasteiger charge is -2.23. The zero-order valence-electron chi connectivity index (χ0n) is 11.6. The van der Waals surface area contributed by atoms with E-state index in [9.17, 15) is 4.79 Å². The van der Waals surface area contributed by atoms with Crippen LogP contribution in [-0.4, -0.2) is 41.9 Å². The molecule has 0 radical (unpaired) electrons. The van der Waals surface area contributed by atoms with Gasteiger partial charge in [0.15, 0.2) is 0 Å². The number of hydrogen-bond donors (Lipinski definition) is 3. The maximum Gasteiger partial charge on any atom is 0.222 e. The molecule has 0 bridgehead atoms. The predicted octanol–water partition coefficient (Wildman–Crippen LogP) is 1.13. The van der Waals surface area contributed by atoms with E-state index in [1.165, 1.54) is 0 Å². The molecule has 0 spiro atoms. The van der Waals surface area contributed by atoms with Gasteiger partial charge < -0.3 is 15.4 Å². The van der Waals surface area contributed by atoms with Crippen LogP contribution in [0.1, 0.15) is 12.0 Å². The van der Waals surface area contributed by atoms with Crippen LogP contribution in [0.4, 0.5) is 0 Å². The van der Waals surface area contributed by atoms with Gasteiger partial charge in [-0.3, -0.25) is 9.89 Å².